The van der Waals surface area contributed by atoms with Gasteiger partial charge in [-0.15, -0.1) is 0 Å². The lowest BCUT2D eigenvalue weighted by Crippen LogP contribution is -2.56. The lowest BCUT2D eigenvalue weighted by Gasteiger charge is -2.49. The summed E-state index contributed by atoms with van der Waals surface area (Å²) in [4.78, 5) is 19.6. The third-order valence-corrected chi connectivity index (χ3v) is 5.49. The molecule has 1 aromatic heterocycles. The predicted molar refractivity (Wildman–Crippen MR) is 95.2 cm³/mol. The number of benzene rings is 2. The molecule has 0 spiro atoms. The molecule has 0 bridgehead atoms. The molecule has 1 unspecified atom stereocenters. The van der Waals surface area contributed by atoms with Gasteiger partial charge in [-0.05, 0) is 50.1 Å². The molecule has 2 aliphatic heterocycles. The van der Waals surface area contributed by atoms with E-state index in [9.17, 15) is 4.79 Å². The molecule has 2 aliphatic rings. The zero-order valence-corrected chi connectivity index (χ0v) is 14.0. The number of anilines is 1. The van der Waals surface area contributed by atoms with Crippen LogP contribution in [0.1, 0.15) is 26.2 Å². The summed E-state index contributed by atoms with van der Waals surface area (Å²) < 4.78 is 2.22. The monoisotopic (exact) mass is 337 g/mol. The topological polar surface area (TPSA) is 38.1 Å². The normalized spacial score (nSPS) is 22.2. The van der Waals surface area contributed by atoms with E-state index in [1.165, 1.54) is 0 Å². The number of carbonyl (C=O) groups is 1. The van der Waals surface area contributed by atoms with Gasteiger partial charge < -0.3 is 0 Å². The van der Waals surface area contributed by atoms with E-state index in [0.717, 1.165) is 41.0 Å². The average molecular weight is 338 g/mol. The van der Waals surface area contributed by atoms with E-state index in [0.29, 0.717) is 11.4 Å². The van der Waals surface area contributed by atoms with Crippen LogP contribution in [0.4, 0.5) is 5.69 Å². The molecule has 1 saturated heterocycles. The summed E-state index contributed by atoms with van der Waals surface area (Å²) in [6.45, 7) is 2.14. The Labute approximate surface area is 144 Å². The number of piperidine rings is 1. The largest absolute Gasteiger partial charge is 0.300 e. The Bertz CT molecular complexity index is 1010. The van der Waals surface area contributed by atoms with E-state index in [1.54, 1.807) is 0 Å². The van der Waals surface area contributed by atoms with Crippen LogP contribution < -0.4 is 4.90 Å². The van der Waals surface area contributed by atoms with Gasteiger partial charge in [-0.25, -0.2) is 4.98 Å². The van der Waals surface area contributed by atoms with Gasteiger partial charge in [0.1, 0.15) is 11.5 Å². The van der Waals surface area contributed by atoms with Gasteiger partial charge in [-0.3, -0.25) is 14.3 Å². The predicted octanol–water partition coefficient (Wildman–Crippen LogP) is 4.56. The van der Waals surface area contributed by atoms with Gasteiger partial charge in [0.15, 0.2) is 0 Å². The summed E-state index contributed by atoms with van der Waals surface area (Å²) in [5, 5.41) is 0.653. The summed E-state index contributed by atoms with van der Waals surface area (Å²) in [7, 11) is 0. The molecule has 5 rings (SSSR count). The van der Waals surface area contributed by atoms with Gasteiger partial charge in [0.2, 0.25) is 5.91 Å². The molecule has 3 heterocycles. The molecule has 2 aromatic carbocycles. The maximum atomic E-state index is 12.8. The first kappa shape index (κ1) is 14.1. The van der Waals surface area contributed by atoms with Crippen molar-refractivity contribution in [3.63, 3.8) is 0 Å². The number of rotatable bonds is 0. The maximum absolute atomic E-state index is 12.8. The van der Waals surface area contributed by atoms with Gasteiger partial charge in [0.05, 0.1) is 16.7 Å². The third kappa shape index (κ3) is 1.64. The highest BCUT2D eigenvalue weighted by atomic mass is 35.5. The third-order valence-electron chi connectivity index (χ3n) is 5.26. The molecule has 0 saturated carbocycles. The van der Waals surface area contributed by atoms with Gasteiger partial charge in [0.25, 0.3) is 0 Å². The summed E-state index contributed by atoms with van der Waals surface area (Å²) in [5.41, 5.74) is 3.40. The molecule has 24 heavy (non-hydrogen) atoms. The summed E-state index contributed by atoms with van der Waals surface area (Å²) in [6.07, 6.45) is 2.38. The molecule has 5 heteroatoms. The number of imidazole rings is 1. The molecule has 4 nitrogen and oxygen atoms in total. The number of carbonyl (C=O) groups excluding carboxylic acids is 1. The molecule has 1 fully saturated rings. The fourth-order valence-corrected chi connectivity index (χ4v) is 4.42. The first-order chi connectivity index (χ1) is 11.6. The lowest BCUT2D eigenvalue weighted by atomic mass is 9.90. The van der Waals surface area contributed by atoms with Crippen molar-refractivity contribution in [2.45, 2.75) is 31.8 Å². The standard InChI is InChI=1S/C19H16ClN3O/c1-19-10-4-7-17(24)22(19)15-9-8-12(20)11-13(15)18-21-14-5-2-3-6-16(14)23(18)19/h2-3,5-6,8-9,11H,4,7,10H2,1H3. The minimum absolute atomic E-state index is 0.163. The molecule has 0 radical (unpaired) electrons. The van der Waals surface area contributed by atoms with Crippen LogP contribution in [0, 0.1) is 0 Å². The lowest BCUT2D eigenvalue weighted by molar-refractivity contribution is -0.122. The smallest absolute Gasteiger partial charge is 0.228 e. The van der Waals surface area contributed by atoms with E-state index in [1.807, 2.05) is 41.3 Å². The van der Waals surface area contributed by atoms with Gasteiger partial charge >= 0.3 is 0 Å². The van der Waals surface area contributed by atoms with Crippen molar-refractivity contribution in [2.24, 2.45) is 0 Å². The highest BCUT2D eigenvalue weighted by Crippen LogP contribution is 2.49. The number of halogens is 1. The summed E-state index contributed by atoms with van der Waals surface area (Å²) >= 11 is 6.25. The minimum Gasteiger partial charge on any atom is -0.300 e. The van der Waals surface area contributed by atoms with Gasteiger partial charge in [0, 0.05) is 17.0 Å². The fraction of sp³-hybridized carbons (Fsp3) is 0.263. The molecule has 1 amide bonds. The molecular formula is C19H16ClN3O. The zero-order valence-electron chi connectivity index (χ0n) is 13.3. The Kier molecular flexibility index (Phi) is 2.70. The van der Waals surface area contributed by atoms with Crippen LogP contribution >= 0.6 is 11.6 Å². The van der Waals surface area contributed by atoms with Crippen LogP contribution in [0.3, 0.4) is 0 Å². The fourth-order valence-electron chi connectivity index (χ4n) is 4.25. The second-order valence-corrected chi connectivity index (χ2v) is 7.16. The first-order valence-electron chi connectivity index (χ1n) is 8.20. The second-order valence-electron chi connectivity index (χ2n) is 6.72. The molecular weight excluding hydrogens is 322 g/mol. The number of nitrogens with zero attached hydrogens (tertiary/aromatic N) is 3. The second kappa shape index (κ2) is 4.61. The number of hydrogen-bond donors (Lipinski definition) is 0. The number of para-hydroxylation sites is 2. The average Bonchev–Trinajstić information content (AvgIpc) is 2.96. The van der Waals surface area contributed by atoms with Crippen LogP contribution in [0.15, 0.2) is 42.5 Å². The number of aromatic nitrogens is 2. The number of fused-ring (bicyclic) bond motifs is 8. The molecule has 0 N–H and O–H groups in total. The molecule has 1 atom stereocenters. The van der Waals surface area contributed by atoms with Crippen molar-refractivity contribution < 1.29 is 4.79 Å². The SMILES string of the molecule is CC12CCCC(=O)N1c1ccc(Cl)cc1-c1nc3ccccc3n12. The quantitative estimate of drug-likeness (QED) is 0.603. The van der Waals surface area contributed by atoms with E-state index in [4.69, 9.17) is 16.6 Å². The highest BCUT2D eigenvalue weighted by molar-refractivity contribution is 6.31. The Morgan fingerprint density at radius 1 is 1.21 bits per heavy atom. The zero-order chi connectivity index (χ0) is 16.5. The van der Waals surface area contributed by atoms with Crippen molar-refractivity contribution >= 4 is 34.2 Å². The van der Waals surface area contributed by atoms with E-state index in [-0.39, 0.29) is 5.91 Å². The maximum Gasteiger partial charge on any atom is 0.228 e. The van der Waals surface area contributed by atoms with Crippen molar-refractivity contribution in [1.29, 1.82) is 0 Å². The van der Waals surface area contributed by atoms with Crippen LogP contribution in [0.2, 0.25) is 5.02 Å². The first-order valence-corrected chi connectivity index (χ1v) is 8.58. The van der Waals surface area contributed by atoms with Crippen molar-refractivity contribution in [3.8, 4) is 11.4 Å². The molecule has 120 valence electrons. The van der Waals surface area contributed by atoms with E-state index < -0.39 is 5.66 Å². The number of hydrogen-bond acceptors (Lipinski definition) is 2. The van der Waals surface area contributed by atoms with E-state index in [2.05, 4.69) is 17.6 Å². The van der Waals surface area contributed by atoms with Crippen LogP contribution in [0.5, 0.6) is 0 Å². The Morgan fingerprint density at radius 2 is 2.04 bits per heavy atom. The summed E-state index contributed by atoms with van der Waals surface area (Å²) in [6, 6.07) is 13.8. The Hall–Kier alpha value is -2.33. The molecule has 3 aromatic rings. The Morgan fingerprint density at radius 3 is 2.92 bits per heavy atom. The highest BCUT2D eigenvalue weighted by Gasteiger charge is 2.47. The minimum atomic E-state index is -0.429. The van der Waals surface area contributed by atoms with Crippen molar-refractivity contribution in [1.82, 2.24) is 9.55 Å². The van der Waals surface area contributed by atoms with Crippen LogP contribution in [-0.2, 0) is 10.5 Å². The summed E-state index contributed by atoms with van der Waals surface area (Å²) in [5.74, 6) is 1.05. The van der Waals surface area contributed by atoms with Crippen molar-refractivity contribution in [3.05, 3.63) is 47.5 Å². The van der Waals surface area contributed by atoms with Gasteiger partial charge in [-0.2, -0.15) is 0 Å². The van der Waals surface area contributed by atoms with E-state index >= 15 is 0 Å². The van der Waals surface area contributed by atoms with Gasteiger partial charge in [-0.1, -0.05) is 23.7 Å². The molecule has 0 aliphatic carbocycles. The Balaban J connectivity index is 1.94. The van der Waals surface area contributed by atoms with Crippen molar-refractivity contribution in [2.75, 3.05) is 4.90 Å². The van der Waals surface area contributed by atoms with Crippen LogP contribution in [0.25, 0.3) is 22.4 Å². The number of amides is 1. The van der Waals surface area contributed by atoms with Crippen LogP contribution in [-0.4, -0.2) is 15.5 Å².